The van der Waals surface area contributed by atoms with Crippen molar-refractivity contribution >= 4 is 54.9 Å². The quantitative estimate of drug-likeness (QED) is 0.126. The molecule has 0 radical (unpaired) electrons. The standard InChI is InChI=1S/C33H47N5O7S2/c1-17-13-21(39)14-18(2)24(17)19(3)25(34)29(42)37-26(32(4,5)46)30(43)35-16-23(40)36-22(15-20-11-9-8-10-12-20)28(41)38-27(31(44)45)33(6,7)47/h8-14,19,22,25-27,39,46-47H,15-16,34H2,1-7H3,(H,35,43)(H,36,40)(H,37,42)(H,38,41)(H,44,45)/t19-,22+,25+,26-,27-/m1/s1. The first-order valence-corrected chi connectivity index (χ1v) is 16.0. The molecule has 0 unspecified atom stereocenters. The second kappa shape index (κ2) is 16.4. The molecule has 0 saturated carbocycles. The van der Waals surface area contributed by atoms with Gasteiger partial charge in [0.15, 0.2) is 0 Å². The van der Waals surface area contributed by atoms with Gasteiger partial charge in [0.05, 0.1) is 12.6 Å². The van der Waals surface area contributed by atoms with E-state index >= 15 is 0 Å². The molecule has 2 rings (SSSR count). The number of carboxylic acid groups (broad SMARTS) is 1. The van der Waals surface area contributed by atoms with Crippen molar-refractivity contribution in [3.63, 3.8) is 0 Å². The number of carbonyl (C=O) groups excluding carboxylic acids is 4. The van der Waals surface area contributed by atoms with Crippen LogP contribution in [-0.4, -0.2) is 80.0 Å². The number of hydrogen-bond donors (Lipinski definition) is 9. The second-order valence-corrected chi connectivity index (χ2v) is 15.2. The van der Waals surface area contributed by atoms with E-state index in [9.17, 15) is 34.2 Å². The number of aromatic hydroxyl groups is 1. The van der Waals surface area contributed by atoms with Crippen LogP contribution in [0.15, 0.2) is 42.5 Å². The largest absolute Gasteiger partial charge is 0.508 e. The van der Waals surface area contributed by atoms with Crippen LogP contribution >= 0.6 is 25.3 Å². The zero-order valence-electron chi connectivity index (χ0n) is 27.7. The number of phenolic OH excluding ortho intramolecular Hbond substituents is 1. The summed E-state index contributed by atoms with van der Waals surface area (Å²) >= 11 is 8.79. The van der Waals surface area contributed by atoms with Gasteiger partial charge in [-0.15, -0.1) is 0 Å². The first kappa shape index (κ1) is 39.4. The lowest BCUT2D eigenvalue weighted by Gasteiger charge is -2.32. The Morgan fingerprint density at radius 2 is 1.34 bits per heavy atom. The van der Waals surface area contributed by atoms with Crippen LogP contribution in [0.25, 0.3) is 0 Å². The normalized spacial score (nSPS) is 14.9. The summed E-state index contributed by atoms with van der Waals surface area (Å²) in [4.78, 5) is 64.7. The zero-order chi connectivity index (χ0) is 35.9. The van der Waals surface area contributed by atoms with Crippen molar-refractivity contribution in [2.45, 2.75) is 94.5 Å². The van der Waals surface area contributed by atoms with Crippen molar-refractivity contribution in [2.75, 3.05) is 6.54 Å². The number of nitrogens with one attached hydrogen (secondary N) is 4. The van der Waals surface area contributed by atoms with Gasteiger partial charge in [0.25, 0.3) is 0 Å². The van der Waals surface area contributed by atoms with Crippen LogP contribution in [0.5, 0.6) is 5.75 Å². The number of carboxylic acids is 1. The minimum Gasteiger partial charge on any atom is -0.508 e. The molecule has 0 heterocycles. The zero-order valence-corrected chi connectivity index (χ0v) is 29.5. The fourth-order valence-corrected chi connectivity index (χ4v) is 5.59. The molecule has 258 valence electrons. The first-order valence-electron chi connectivity index (χ1n) is 15.1. The summed E-state index contributed by atoms with van der Waals surface area (Å²) in [6.45, 7) is 11.1. The van der Waals surface area contributed by atoms with Crippen molar-refractivity contribution in [1.82, 2.24) is 21.3 Å². The molecule has 0 saturated heterocycles. The molecular formula is C33H47N5O7S2. The van der Waals surface area contributed by atoms with Gasteiger partial charge in [0, 0.05) is 21.8 Å². The number of benzene rings is 2. The monoisotopic (exact) mass is 689 g/mol. The molecule has 0 fully saturated rings. The number of aliphatic carboxylic acids is 1. The molecule has 47 heavy (non-hydrogen) atoms. The number of amides is 4. The Balaban J connectivity index is 2.16. The highest BCUT2D eigenvalue weighted by Crippen LogP contribution is 2.29. The van der Waals surface area contributed by atoms with Crippen molar-refractivity contribution < 1.29 is 34.2 Å². The molecule has 12 nitrogen and oxygen atoms in total. The van der Waals surface area contributed by atoms with E-state index in [1.54, 1.807) is 77.1 Å². The van der Waals surface area contributed by atoms with Crippen LogP contribution in [0.2, 0.25) is 0 Å². The van der Waals surface area contributed by atoms with Crippen LogP contribution in [0.4, 0.5) is 0 Å². The predicted octanol–water partition coefficient (Wildman–Crippen LogP) is 1.75. The number of phenols is 1. The molecular weight excluding hydrogens is 643 g/mol. The Kier molecular flexibility index (Phi) is 13.7. The van der Waals surface area contributed by atoms with E-state index in [4.69, 9.17) is 5.73 Å². The van der Waals surface area contributed by atoms with Gasteiger partial charge in [0.2, 0.25) is 23.6 Å². The molecule has 0 aromatic heterocycles. The number of aryl methyl sites for hydroxylation is 2. The molecule has 4 amide bonds. The Hall–Kier alpha value is -3.75. The number of rotatable bonds is 15. The summed E-state index contributed by atoms with van der Waals surface area (Å²) in [6.07, 6.45) is 0.0457. The van der Waals surface area contributed by atoms with Crippen molar-refractivity contribution in [2.24, 2.45) is 5.73 Å². The molecule has 14 heteroatoms. The van der Waals surface area contributed by atoms with Crippen LogP contribution < -0.4 is 27.0 Å². The molecule has 0 aliphatic carbocycles. The third kappa shape index (κ3) is 11.5. The SMILES string of the molecule is Cc1cc(O)cc(C)c1[C@@H](C)[C@H](N)C(=O)N[C@H](C(=O)NCC(=O)N[C@@H](Cc1ccccc1)C(=O)N[C@H](C(=O)O)C(C)(C)S)C(C)(C)S. The Bertz CT molecular complexity index is 1430. The summed E-state index contributed by atoms with van der Waals surface area (Å²) in [5.41, 5.74) is 9.37. The minimum absolute atomic E-state index is 0.0457. The van der Waals surface area contributed by atoms with Crippen LogP contribution in [0.3, 0.4) is 0 Å². The summed E-state index contributed by atoms with van der Waals surface area (Å²) < 4.78 is -2.19. The second-order valence-electron chi connectivity index (χ2n) is 12.9. The van der Waals surface area contributed by atoms with Gasteiger partial charge in [-0.05, 0) is 75.9 Å². The van der Waals surface area contributed by atoms with Gasteiger partial charge < -0.3 is 37.2 Å². The van der Waals surface area contributed by atoms with Crippen LogP contribution in [0.1, 0.15) is 62.8 Å². The van der Waals surface area contributed by atoms with E-state index in [1.807, 2.05) is 0 Å². The van der Waals surface area contributed by atoms with Gasteiger partial charge >= 0.3 is 5.97 Å². The van der Waals surface area contributed by atoms with E-state index in [-0.39, 0.29) is 12.2 Å². The van der Waals surface area contributed by atoms with E-state index in [2.05, 4.69) is 46.5 Å². The lowest BCUT2D eigenvalue weighted by atomic mass is 9.86. The average Bonchev–Trinajstić information content (AvgIpc) is 2.94. The summed E-state index contributed by atoms with van der Waals surface area (Å²) in [5.74, 6) is -4.45. The van der Waals surface area contributed by atoms with Crippen LogP contribution in [0, 0.1) is 13.8 Å². The molecule has 0 bridgehead atoms. The van der Waals surface area contributed by atoms with Crippen molar-refractivity contribution in [3.05, 3.63) is 64.7 Å². The molecule has 0 aliphatic rings. The lowest BCUT2D eigenvalue weighted by molar-refractivity contribution is -0.143. The van der Waals surface area contributed by atoms with E-state index in [0.717, 1.165) is 16.7 Å². The van der Waals surface area contributed by atoms with E-state index in [1.165, 1.54) is 13.8 Å². The molecule has 2 aromatic carbocycles. The maximum absolute atomic E-state index is 13.3. The predicted molar refractivity (Wildman–Crippen MR) is 187 cm³/mol. The molecule has 2 aromatic rings. The number of carbonyl (C=O) groups is 5. The maximum atomic E-state index is 13.3. The lowest BCUT2D eigenvalue weighted by Crippen LogP contribution is -2.60. The highest BCUT2D eigenvalue weighted by Gasteiger charge is 2.38. The number of nitrogens with two attached hydrogens (primary N) is 1. The van der Waals surface area contributed by atoms with Gasteiger partial charge in [-0.1, -0.05) is 37.3 Å². The molecule has 5 atom stereocenters. The summed E-state index contributed by atoms with van der Waals surface area (Å²) in [6, 6.07) is 7.19. The van der Waals surface area contributed by atoms with Crippen LogP contribution in [-0.2, 0) is 30.4 Å². The van der Waals surface area contributed by atoms with Crippen molar-refractivity contribution in [1.29, 1.82) is 0 Å². The van der Waals surface area contributed by atoms with Gasteiger partial charge in [-0.25, -0.2) is 4.79 Å². The summed E-state index contributed by atoms with van der Waals surface area (Å²) in [5, 5.41) is 29.7. The molecule has 0 spiro atoms. The van der Waals surface area contributed by atoms with Gasteiger partial charge in [-0.3, -0.25) is 19.2 Å². The Labute approximate surface area is 286 Å². The minimum atomic E-state index is -1.36. The highest BCUT2D eigenvalue weighted by atomic mass is 32.1. The third-order valence-electron chi connectivity index (χ3n) is 7.73. The first-order chi connectivity index (χ1) is 21.6. The number of hydrogen-bond acceptors (Lipinski definition) is 9. The maximum Gasteiger partial charge on any atom is 0.327 e. The third-order valence-corrected chi connectivity index (χ3v) is 8.24. The molecule has 0 aliphatic heterocycles. The smallest absolute Gasteiger partial charge is 0.327 e. The average molecular weight is 690 g/mol. The van der Waals surface area contributed by atoms with E-state index < -0.39 is 75.7 Å². The topological polar surface area (TPSA) is 200 Å². The van der Waals surface area contributed by atoms with E-state index in [0.29, 0.717) is 5.56 Å². The summed E-state index contributed by atoms with van der Waals surface area (Å²) in [7, 11) is 0. The fraction of sp³-hybridized carbons (Fsp3) is 0.485. The Morgan fingerprint density at radius 1 is 0.830 bits per heavy atom. The number of thiol groups is 2. The van der Waals surface area contributed by atoms with Crippen molar-refractivity contribution in [3.8, 4) is 5.75 Å². The Morgan fingerprint density at radius 3 is 1.83 bits per heavy atom. The fourth-order valence-electron chi connectivity index (χ4n) is 5.24. The van der Waals surface area contributed by atoms with Gasteiger partial charge in [-0.2, -0.15) is 25.3 Å². The highest BCUT2D eigenvalue weighted by molar-refractivity contribution is 7.82. The van der Waals surface area contributed by atoms with Gasteiger partial charge in [0.1, 0.15) is 23.9 Å². The molecule has 8 N–H and O–H groups in total.